The van der Waals surface area contributed by atoms with Gasteiger partial charge in [-0.25, -0.2) is 0 Å². The summed E-state index contributed by atoms with van der Waals surface area (Å²) in [6.07, 6.45) is 4.48. The molecule has 6 heteroatoms. The van der Waals surface area contributed by atoms with Crippen LogP contribution in [0.15, 0.2) is 48.8 Å². The van der Waals surface area contributed by atoms with E-state index in [-0.39, 0.29) is 16.8 Å². The molecule has 3 aromatic rings. The highest BCUT2D eigenvalue weighted by Crippen LogP contribution is 2.34. The second kappa shape index (κ2) is 6.20. The molecule has 2 heterocycles. The summed E-state index contributed by atoms with van der Waals surface area (Å²) in [4.78, 5) is 17.1. The largest absolute Gasteiger partial charge is 0.406 e. The number of aryl methyl sites for hydroxylation is 1. The van der Waals surface area contributed by atoms with Crippen LogP contribution in [0.4, 0.5) is 11.6 Å². The summed E-state index contributed by atoms with van der Waals surface area (Å²) in [5.74, 6) is 0.569. The van der Waals surface area contributed by atoms with Gasteiger partial charge in [-0.05, 0) is 45.5 Å². The molecule has 1 atom stereocenters. The van der Waals surface area contributed by atoms with Gasteiger partial charge in [-0.2, -0.15) is 0 Å². The number of benzene rings is 2. The average Bonchev–Trinajstić information content (AvgIpc) is 3.21. The Morgan fingerprint density at radius 2 is 2.04 bits per heavy atom. The fourth-order valence-electron chi connectivity index (χ4n) is 3.92. The lowest BCUT2D eigenvalue weighted by Crippen LogP contribution is -2.33. The molecule has 1 aromatic heterocycles. The zero-order valence-corrected chi connectivity index (χ0v) is 14.1. The molecule has 2 aromatic carbocycles. The van der Waals surface area contributed by atoms with E-state index in [9.17, 15) is 10.1 Å². The van der Waals surface area contributed by atoms with Crippen molar-refractivity contribution in [1.82, 2.24) is 9.55 Å². The van der Waals surface area contributed by atoms with Gasteiger partial charge in [-0.15, -0.1) is 0 Å². The number of aromatic nitrogens is 2. The van der Waals surface area contributed by atoms with Crippen molar-refractivity contribution in [1.29, 1.82) is 0 Å². The number of imidazole rings is 1. The molecule has 0 radical (unpaired) electrons. The summed E-state index contributed by atoms with van der Waals surface area (Å²) in [6.45, 7) is 0.829. The average molecular weight is 336 g/mol. The summed E-state index contributed by atoms with van der Waals surface area (Å²) in [5.41, 5.74) is 1.29. The van der Waals surface area contributed by atoms with Gasteiger partial charge in [0.15, 0.2) is 0 Å². The van der Waals surface area contributed by atoms with E-state index in [1.807, 2.05) is 13.1 Å². The molecule has 6 nitrogen and oxygen atoms in total. The molecular formula is C19H20N4O2. The van der Waals surface area contributed by atoms with Crippen LogP contribution in [-0.4, -0.2) is 27.1 Å². The van der Waals surface area contributed by atoms with E-state index >= 15 is 0 Å². The number of hydrogen-bond acceptors (Lipinski definition) is 4. The Balaban J connectivity index is 1.69. The van der Waals surface area contributed by atoms with Gasteiger partial charge in [0.1, 0.15) is 0 Å². The fourth-order valence-corrected chi connectivity index (χ4v) is 3.92. The van der Waals surface area contributed by atoms with Gasteiger partial charge in [-0.3, -0.25) is 4.57 Å². The van der Waals surface area contributed by atoms with Crippen molar-refractivity contribution in [2.45, 2.75) is 25.3 Å². The highest BCUT2D eigenvalue weighted by molar-refractivity contribution is 5.85. The van der Waals surface area contributed by atoms with Gasteiger partial charge >= 0.3 is 5.82 Å². The Morgan fingerprint density at radius 3 is 2.88 bits per heavy atom. The number of rotatable bonds is 4. The molecule has 0 aliphatic carbocycles. The number of nitro groups is 1. The number of fused-ring (bicyclic) bond motifs is 1. The van der Waals surface area contributed by atoms with Gasteiger partial charge in [0.25, 0.3) is 0 Å². The molecule has 1 fully saturated rings. The lowest BCUT2D eigenvalue weighted by molar-refractivity contribution is -0.388. The third kappa shape index (κ3) is 2.73. The Labute approximate surface area is 145 Å². The molecular weight excluding hydrogens is 316 g/mol. The maximum Gasteiger partial charge on any atom is 0.406 e. The molecule has 0 saturated carbocycles. The SMILES string of the molecule is Cn1cnc([N+](=O)[O-])c1N1CCC[C@@H]1Cc1cccc2ccccc12. The summed E-state index contributed by atoms with van der Waals surface area (Å²) in [6, 6.07) is 15.0. The third-order valence-electron chi connectivity index (χ3n) is 5.04. The first kappa shape index (κ1) is 15.6. The van der Waals surface area contributed by atoms with Crippen molar-refractivity contribution in [3.63, 3.8) is 0 Å². The smallest absolute Gasteiger partial charge is 0.358 e. The van der Waals surface area contributed by atoms with Crippen molar-refractivity contribution in [3.8, 4) is 0 Å². The van der Waals surface area contributed by atoms with Crippen molar-refractivity contribution in [2.75, 3.05) is 11.4 Å². The lowest BCUT2D eigenvalue weighted by atomic mass is 9.98. The molecule has 0 bridgehead atoms. The van der Waals surface area contributed by atoms with Crippen LogP contribution in [0.25, 0.3) is 10.8 Å². The zero-order valence-electron chi connectivity index (χ0n) is 14.1. The van der Waals surface area contributed by atoms with Crippen LogP contribution in [0.3, 0.4) is 0 Å². The van der Waals surface area contributed by atoms with Gasteiger partial charge < -0.3 is 15.0 Å². The van der Waals surface area contributed by atoms with Crippen LogP contribution in [0, 0.1) is 10.1 Å². The molecule has 0 amide bonds. The molecule has 0 spiro atoms. The maximum absolute atomic E-state index is 11.3. The second-order valence-electron chi connectivity index (χ2n) is 6.59. The second-order valence-corrected chi connectivity index (χ2v) is 6.59. The van der Waals surface area contributed by atoms with E-state index in [4.69, 9.17) is 0 Å². The Bertz CT molecular complexity index is 929. The van der Waals surface area contributed by atoms with Crippen LogP contribution in [-0.2, 0) is 13.5 Å². The summed E-state index contributed by atoms with van der Waals surface area (Å²) < 4.78 is 1.76. The standard InChI is InChI=1S/C19H20N4O2/c1-21-13-20-18(23(24)25)19(21)22-11-5-9-16(22)12-15-8-4-7-14-6-2-3-10-17(14)15/h2-4,6-8,10,13,16H,5,9,11-12H2,1H3/t16-/m1/s1. The fraction of sp³-hybridized carbons (Fsp3) is 0.316. The van der Waals surface area contributed by atoms with E-state index < -0.39 is 0 Å². The Hall–Kier alpha value is -2.89. The zero-order chi connectivity index (χ0) is 17.4. The molecule has 128 valence electrons. The molecule has 1 saturated heterocycles. The molecule has 25 heavy (non-hydrogen) atoms. The number of hydrogen-bond donors (Lipinski definition) is 0. The quantitative estimate of drug-likeness (QED) is 0.538. The van der Waals surface area contributed by atoms with Crippen LogP contribution >= 0.6 is 0 Å². The van der Waals surface area contributed by atoms with E-state index in [2.05, 4.69) is 46.3 Å². The Morgan fingerprint density at radius 1 is 1.24 bits per heavy atom. The first-order chi connectivity index (χ1) is 12.1. The molecule has 1 aliphatic rings. The van der Waals surface area contributed by atoms with Crippen molar-refractivity contribution in [3.05, 3.63) is 64.5 Å². The predicted molar refractivity (Wildman–Crippen MR) is 97.9 cm³/mol. The first-order valence-corrected chi connectivity index (χ1v) is 8.54. The maximum atomic E-state index is 11.3. The topological polar surface area (TPSA) is 64.2 Å². The van der Waals surface area contributed by atoms with Gasteiger partial charge in [0.05, 0.1) is 0 Å². The van der Waals surface area contributed by atoms with E-state index in [0.717, 1.165) is 25.8 Å². The van der Waals surface area contributed by atoms with Crippen LogP contribution in [0.1, 0.15) is 18.4 Å². The van der Waals surface area contributed by atoms with E-state index in [0.29, 0.717) is 5.82 Å². The van der Waals surface area contributed by atoms with Crippen LogP contribution in [0.5, 0.6) is 0 Å². The van der Waals surface area contributed by atoms with Crippen molar-refractivity contribution in [2.24, 2.45) is 7.05 Å². The Kier molecular flexibility index (Phi) is 3.87. The monoisotopic (exact) mass is 336 g/mol. The van der Waals surface area contributed by atoms with E-state index in [1.54, 1.807) is 4.57 Å². The minimum Gasteiger partial charge on any atom is -0.358 e. The molecule has 0 unspecified atom stereocenters. The summed E-state index contributed by atoms with van der Waals surface area (Å²) in [7, 11) is 1.82. The summed E-state index contributed by atoms with van der Waals surface area (Å²) >= 11 is 0. The normalized spacial score (nSPS) is 17.3. The lowest BCUT2D eigenvalue weighted by Gasteiger charge is -2.26. The molecule has 0 N–H and O–H groups in total. The van der Waals surface area contributed by atoms with Crippen LogP contribution < -0.4 is 4.90 Å². The van der Waals surface area contributed by atoms with Crippen molar-refractivity contribution >= 4 is 22.4 Å². The third-order valence-corrected chi connectivity index (χ3v) is 5.04. The minimum absolute atomic E-state index is 0.0488. The molecule has 4 rings (SSSR count). The van der Waals surface area contributed by atoms with Gasteiger partial charge in [0.2, 0.25) is 12.1 Å². The summed E-state index contributed by atoms with van der Waals surface area (Å²) in [5, 5.41) is 13.8. The van der Waals surface area contributed by atoms with E-state index in [1.165, 1.54) is 22.7 Å². The van der Waals surface area contributed by atoms with Crippen molar-refractivity contribution < 1.29 is 4.92 Å². The minimum atomic E-state index is -0.386. The predicted octanol–water partition coefficient (Wildman–Crippen LogP) is 3.69. The van der Waals surface area contributed by atoms with Gasteiger partial charge in [-0.1, -0.05) is 42.5 Å². The highest BCUT2D eigenvalue weighted by Gasteiger charge is 2.33. The van der Waals surface area contributed by atoms with Gasteiger partial charge in [0, 0.05) is 19.6 Å². The number of nitrogens with zero attached hydrogens (tertiary/aromatic N) is 4. The number of anilines is 1. The highest BCUT2D eigenvalue weighted by atomic mass is 16.6. The first-order valence-electron chi connectivity index (χ1n) is 8.54. The van der Waals surface area contributed by atoms with Crippen LogP contribution in [0.2, 0.25) is 0 Å². The molecule has 1 aliphatic heterocycles.